The molecule has 0 aliphatic carbocycles. The summed E-state index contributed by atoms with van der Waals surface area (Å²) in [6.07, 6.45) is 6.22. The molecular formula is C18H34O6. The number of hydrogen-bond acceptors (Lipinski definition) is 6. The van der Waals surface area contributed by atoms with E-state index in [-0.39, 0.29) is 37.4 Å². The van der Waals surface area contributed by atoms with Crippen molar-refractivity contribution in [3.8, 4) is 0 Å². The smallest absolute Gasteiger partial charge is 0.306 e. The zero-order valence-electron chi connectivity index (χ0n) is 15.2. The highest BCUT2D eigenvalue weighted by molar-refractivity contribution is 5.70. The third-order valence-corrected chi connectivity index (χ3v) is 3.71. The van der Waals surface area contributed by atoms with Crippen LogP contribution in [0.15, 0.2) is 0 Å². The third kappa shape index (κ3) is 14.5. The molecule has 0 saturated heterocycles. The molecule has 0 saturated carbocycles. The van der Waals surface area contributed by atoms with Gasteiger partial charge in [-0.1, -0.05) is 0 Å². The number of carbonyl (C=O) groups excluding carboxylic acids is 2. The molecule has 2 N–H and O–H groups in total. The maximum Gasteiger partial charge on any atom is 0.306 e. The lowest BCUT2D eigenvalue weighted by molar-refractivity contribution is -0.151. The molecule has 142 valence electrons. The van der Waals surface area contributed by atoms with Gasteiger partial charge in [0.15, 0.2) is 0 Å². The Hall–Kier alpha value is -1.14. The van der Waals surface area contributed by atoms with Crippen LogP contribution in [0, 0.1) is 0 Å². The van der Waals surface area contributed by atoms with E-state index in [1.54, 1.807) is 0 Å². The van der Waals surface area contributed by atoms with E-state index in [1.807, 2.05) is 13.8 Å². The Morgan fingerprint density at radius 3 is 1.42 bits per heavy atom. The second-order valence-electron chi connectivity index (χ2n) is 6.25. The Kier molecular flexibility index (Phi) is 14.7. The molecule has 2 unspecified atom stereocenters. The fourth-order valence-electron chi connectivity index (χ4n) is 2.31. The largest absolute Gasteiger partial charge is 0.463 e. The van der Waals surface area contributed by atoms with Crippen molar-refractivity contribution < 1.29 is 29.3 Å². The van der Waals surface area contributed by atoms with Crippen molar-refractivity contribution in [2.45, 2.75) is 90.3 Å². The normalized spacial score (nSPS) is 13.3. The first-order valence-electron chi connectivity index (χ1n) is 9.10. The lowest BCUT2D eigenvalue weighted by atomic mass is 10.1. The van der Waals surface area contributed by atoms with Crippen LogP contribution in [0.3, 0.4) is 0 Å². The summed E-state index contributed by atoms with van der Waals surface area (Å²) in [5, 5.41) is 17.4. The fourth-order valence-corrected chi connectivity index (χ4v) is 2.31. The number of rotatable bonds is 15. The first-order valence-corrected chi connectivity index (χ1v) is 9.10. The average molecular weight is 346 g/mol. The van der Waals surface area contributed by atoms with Crippen LogP contribution in [0.4, 0.5) is 0 Å². The predicted octanol–water partition coefficient (Wildman–Crippen LogP) is 2.74. The highest BCUT2D eigenvalue weighted by Gasteiger charge is 2.11. The van der Waals surface area contributed by atoms with E-state index in [1.165, 1.54) is 0 Å². The van der Waals surface area contributed by atoms with E-state index in [4.69, 9.17) is 19.7 Å². The molecule has 0 aliphatic rings. The molecule has 2 atom stereocenters. The van der Waals surface area contributed by atoms with E-state index in [0.717, 1.165) is 38.5 Å². The van der Waals surface area contributed by atoms with Gasteiger partial charge < -0.3 is 19.7 Å². The van der Waals surface area contributed by atoms with Crippen LogP contribution < -0.4 is 0 Å². The monoisotopic (exact) mass is 346 g/mol. The third-order valence-electron chi connectivity index (χ3n) is 3.71. The van der Waals surface area contributed by atoms with E-state index in [2.05, 4.69) is 0 Å². The molecule has 0 aromatic heterocycles. The summed E-state index contributed by atoms with van der Waals surface area (Å²) in [5.74, 6) is -0.477. The van der Waals surface area contributed by atoms with Gasteiger partial charge in [0.2, 0.25) is 0 Å². The van der Waals surface area contributed by atoms with Gasteiger partial charge in [-0.05, 0) is 65.2 Å². The molecule has 6 heteroatoms. The highest BCUT2D eigenvalue weighted by atomic mass is 16.5. The lowest BCUT2D eigenvalue weighted by Gasteiger charge is -2.13. The molecule has 6 nitrogen and oxygen atoms in total. The lowest BCUT2D eigenvalue weighted by Crippen LogP contribution is -2.16. The summed E-state index contributed by atoms with van der Waals surface area (Å²) in [6.45, 7) is 4.03. The second kappa shape index (κ2) is 15.4. The quantitative estimate of drug-likeness (QED) is 0.350. The Morgan fingerprint density at radius 2 is 1.08 bits per heavy atom. The molecule has 0 amide bonds. The molecule has 0 fully saturated rings. The van der Waals surface area contributed by atoms with Gasteiger partial charge in [0.25, 0.3) is 0 Å². The number of ether oxygens (including phenoxy) is 2. The van der Waals surface area contributed by atoms with Crippen molar-refractivity contribution in [3.05, 3.63) is 0 Å². The number of carbonyl (C=O) groups is 2. The molecule has 0 aliphatic heterocycles. The van der Waals surface area contributed by atoms with Gasteiger partial charge in [0.1, 0.15) is 0 Å². The van der Waals surface area contributed by atoms with Crippen molar-refractivity contribution in [2.75, 3.05) is 13.2 Å². The molecular weight excluding hydrogens is 312 g/mol. The molecule has 24 heavy (non-hydrogen) atoms. The summed E-state index contributed by atoms with van der Waals surface area (Å²) < 4.78 is 10.5. The standard InChI is InChI=1S/C18H34O6/c1-15(9-5-7-13-19)23-17(21)11-3-4-12-18(22)24-16(2)10-6-8-14-20/h15-16,19-20H,3-14H2,1-2H3. The molecule has 0 aromatic rings. The Labute approximate surface area is 145 Å². The minimum Gasteiger partial charge on any atom is -0.463 e. The van der Waals surface area contributed by atoms with Gasteiger partial charge in [-0.3, -0.25) is 9.59 Å². The van der Waals surface area contributed by atoms with Gasteiger partial charge in [-0.25, -0.2) is 0 Å². The summed E-state index contributed by atoms with van der Waals surface area (Å²) >= 11 is 0. The number of aliphatic hydroxyl groups excluding tert-OH is 2. The minimum absolute atomic E-state index is 0.131. The highest BCUT2D eigenvalue weighted by Crippen LogP contribution is 2.10. The van der Waals surface area contributed by atoms with Gasteiger partial charge in [0, 0.05) is 26.1 Å². The number of unbranched alkanes of at least 4 members (excludes halogenated alkanes) is 3. The second-order valence-corrected chi connectivity index (χ2v) is 6.25. The Bertz CT molecular complexity index is 299. The number of esters is 2. The van der Waals surface area contributed by atoms with Crippen molar-refractivity contribution in [3.63, 3.8) is 0 Å². The Morgan fingerprint density at radius 1 is 0.708 bits per heavy atom. The molecule has 0 rings (SSSR count). The van der Waals surface area contributed by atoms with Crippen LogP contribution in [0.5, 0.6) is 0 Å². The van der Waals surface area contributed by atoms with Crippen molar-refractivity contribution in [1.29, 1.82) is 0 Å². The molecule has 0 heterocycles. The zero-order valence-corrected chi connectivity index (χ0v) is 15.2. The van der Waals surface area contributed by atoms with Crippen molar-refractivity contribution in [1.82, 2.24) is 0 Å². The predicted molar refractivity (Wildman–Crippen MR) is 91.4 cm³/mol. The minimum atomic E-state index is -0.239. The fraction of sp³-hybridized carbons (Fsp3) is 0.889. The van der Waals surface area contributed by atoms with Crippen molar-refractivity contribution in [2.24, 2.45) is 0 Å². The molecule has 0 spiro atoms. The topological polar surface area (TPSA) is 93.1 Å². The van der Waals surface area contributed by atoms with E-state index in [0.29, 0.717) is 25.7 Å². The Balaban J connectivity index is 3.62. The summed E-state index contributed by atoms with van der Waals surface area (Å²) in [5.41, 5.74) is 0. The molecule has 0 aromatic carbocycles. The average Bonchev–Trinajstić information content (AvgIpc) is 2.52. The zero-order chi connectivity index (χ0) is 18.2. The first-order chi connectivity index (χ1) is 11.5. The van der Waals surface area contributed by atoms with Crippen LogP contribution in [-0.4, -0.2) is 47.6 Å². The van der Waals surface area contributed by atoms with E-state index in [9.17, 15) is 9.59 Å². The maximum atomic E-state index is 11.6. The summed E-state index contributed by atoms with van der Waals surface area (Å²) in [4.78, 5) is 23.3. The van der Waals surface area contributed by atoms with E-state index < -0.39 is 0 Å². The van der Waals surface area contributed by atoms with Crippen LogP contribution in [0.2, 0.25) is 0 Å². The molecule has 0 bridgehead atoms. The summed E-state index contributed by atoms with van der Waals surface area (Å²) in [7, 11) is 0. The maximum absolute atomic E-state index is 11.6. The SMILES string of the molecule is CC(CCCCO)OC(=O)CCCCC(=O)OC(C)CCCCO. The van der Waals surface area contributed by atoms with Crippen LogP contribution in [-0.2, 0) is 19.1 Å². The van der Waals surface area contributed by atoms with Gasteiger partial charge in [-0.15, -0.1) is 0 Å². The number of aliphatic hydroxyl groups is 2. The van der Waals surface area contributed by atoms with Gasteiger partial charge in [0.05, 0.1) is 12.2 Å². The van der Waals surface area contributed by atoms with Gasteiger partial charge >= 0.3 is 11.9 Å². The van der Waals surface area contributed by atoms with E-state index >= 15 is 0 Å². The molecule has 0 radical (unpaired) electrons. The first kappa shape index (κ1) is 22.9. The van der Waals surface area contributed by atoms with Crippen LogP contribution in [0.1, 0.15) is 78.1 Å². The van der Waals surface area contributed by atoms with Gasteiger partial charge in [-0.2, -0.15) is 0 Å². The van der Waals surface area contributed by atoms with Crippen LogP contribution in [0.25, 0.3) is 0 Å². The van der Waals surface area contributed by atoms with Crippen LogP contribution >= 0.6 is 0 Å². The summed E-state index contributed by atoms with van der Waals surface area (Å²) in [6, 6.07) is 0. The number of hydrogen-bond donors (Lipinski definition) is 2. The van der Waals surface area contributed by atoms with Crippen molar-refractivity contribution >= 4 is 11.9 Å².